The van der Waals surface area contributed by atoms with Crippen molar-refractivity contribution < 1.29 is 4.79 Å². The predicted octanol–water partition coefficient (Wildman–Crippen LogP) is 3.17. The topological polar surface area (TPSA) is 101 Å². The highest BCUT2D eigenvalue weighted by Crippen LogP contribution is 2.22. The van der Waals surface area contributed by atoms with E-state index in [1.807, 2.05) is 63.2 Å². The van der Waals surface area contributed by atoms with E-state index in [9.17, 15) is 14.4 Å². The van der Waals surface area contributed by atoms with Crippen LogP contribution in [0.25, 0.3) is 0 Å². The molecular formula is C24H28N4O3. The number of anilines is 2. The van der Waals surface area contributed by atoms with Crippen LogP contribution in [0.5, 0.6) is 0 Å². The zero-order valence-electron chi connectivity index (χ0n) is 18.1. The van der Waals surface area contributed by atoms with E-state index >= 15 is 0 Å². The maximum atomic E-state index is 13.4. The Morgan fingerprint density at radius 3 is 2.32 bits per heavy atom. The molecule has 2 aromatic carbocycles. The summed E-state index contributed by atoms with van der Waals surface area (Å²) in [6.07, 6.45) is 0.675. The number of rotatable bonds is 7. The van der Waals surface area contributed by atoms with E-state index in [4.69, 9.17) is 5.73 Å². The zero-order valence-corrected chi connectivity index (χ0v) is 18.1. The highest BCUT2D eigenvalue weighted by Gasteiger charge is 2.25. The monoisotopic (exact) mass is 420 g/mol. The molecule has 1 amide bonds. The smallest absolute Gasteiger partial charge is 0.330 e. The van der Waals surface area contributed by atoms with Gasteiger partial charge in [-0.2, -0.15) is 0 Å². The van der Waals surface area contributed by atoms with Crippen molar-refractivity contribution in [2.24, 2.45) is 5.92 Å². The molecule has 0 aliphatic rings. The van der Waals surface area contributed by atoms with Crippen molar-refractivity contribution in [3.8, 4) is 0 Å². The van der Waals surface area contributed by atoms with Crippen molar-refractivity contribution in [1.29, 1.82) is 0 Å². The fourth-order valence-electron chi connectivity index (χ4n) is 3.32. The molecule has 0 saturated heterocycles. The molecule has 1 heterocycles. The molecule has 1 aromatic heterocycles. The van der Waals surface area contributed by atoms with E-state index in [0.717, 1.165) is 11.1 Å². The van der Waals surface area contributed by atoms with Gasteiger partial charge in [-0.1, -0.05) is 61.9 Å². The van der Waals surface area contributed by atoms with E-state index < -0.39 is 11.2 Å². The molecule has 0 fully saturated rings. The van der Waals surface area contributed by atoms with Crippen LogP contribution in [0.15, 0.2) is 64.2 Å². The number of amides is 1. The van der Waals surface area contributed by atoms with Crippen molar-refractivity contribution in [3.05, 3.63) is 92.1 Å². The van der Waals surface area contributed by atoms with Crippen LogP contribution >= 0.6 is 0 Å². The van der Waals surface area contributed by atoms with Gasteiger partial charge in [0.2, 0.25) is 0 Å². The van der Waals surface area contributed by atoms with Crippen molar-refractivity contribution in [2.75, 3.05) is 17.2 Å². The molecule has 3 rings (SSSR count). The largest absolute Gasteiger partial charge is 0.383 e. The minimum atomic E-state index is -0.670. The summed E-state index contributed by atoms with van der Waals surface area (Å²) in [5.74, 6) is -0.0478. The van der Waals surface area contributed by atoms with Crippen molar-refractivity contribution in [3.63, 3.8) is 0 Å². The molecule has 3 N–H and O–H groups in total. The first-order valence-electron chi connectivity index (χ1n) is 10.3. The number of nitrogens with one attached hydrogen (secondary N) is 1. The second-order valence-corrected chi connectivity index (χ2v) is 8.07. The van der Waals surface area contributed by atoms with Gasteiger partial charge in [0.15, 0.2) is 5.69 Å². The average molecular weight is 421 g/mol. The molecule has 0 saturated carbocycles. The number of nitrogens with zero attached hydrogens (tertiary/aromatic N) is 2. The summed E-state index contributed by atoms with van der Waals surface area (Å²) in [5, 5.41) is 0. The first-order chi connectivity index (χ1) is 14.8. The molecule has 3 aromatic rings. The minimum absolute atomic E-state index is 0.00163. The van der Waals surface area contributed by atoms with Crippen LogP contribution < -0.4 is 21.9 Å². The summed E-state index contributed by atoms with van der Waals surface area (Å²) in [4.78, 5) is 42.4. The average Bonchev–Trinajstić information content (AvgIpc) is 2.74. The molecule has 0 aliphatic heterocycles. The zero-order chi connectivity index (χ0) is 22.5. The molecular weight excluding hydrogens is 392 g/mol. The number of benzene rings is 2. The highest BCUT2D eigenvalue weighted by atomic mass is 16.2. The summed E-state index contributed by atoms with van der Waals surface area (Å²) in [6.45, 7) is 6.51. The van der Waals surface area contributed by atoms with Crippen LogP contribution in [-0.2, 0) is 6.54 Å². The number of aromatic amines is 1. The Morgan fingerprint density at radius 2 is 1.71 bits per heavy atom. The van der Waals surface area contributed by atoms with E-state index in [1.165, 1.54) is 9.47 Å². The number of aryl methyl sites for hydroxylation is 1. The Hall–Kier alpha value is -3.61. The molecule has 0 unspecified atom stereocenters. The van der Waals surface area contributed by atoms with Gasteiger partial charge >= 0.3 is 5.69 Å². The number of carbonyl (C=O) groups is 1. The quantitative estimate of drug-likeness (QED) is 0.613. The maximum Gasteiger partial charge on any atom is 0.330 e. The highest BCUT2D eigenvalue weighted by molar-refractivity contribution is 6.07. The standard InChI is InChI=1S/C24H28N4O3/c1-16(2)13-14-27(23(30)19-11-9-17(3)10-12-19)20-21(25)28(24(31)26-22(20)29)15-18-7-5-4-6-8-18/h4-12,16H,13-15,25H2,1-3H3,(H,26,29,31). The van der Waals surface area contributed by atoms with Gasteiger partial charge in [-0.15, -0.1) is 0 Å². The van der Waals surface area contributed by atoms with Gasteiger partial charge in [-0.25, -0.2) is 4.79 Å². The SMILES string of the molecule is Cc1ccc(C(=O)N(CCC(C)C)c2c(N)n(Cc3ccccc3)c(=O)[nH]c2=O)cc1. The third-order valence-electron chi connectivity index (χ3n) is 5.14. The summed E-state index contributed by atoms with van der Waals surface area (Å²) in [7, 11) is 0. The van der Waals surface area contributed by atoms with Gasteiger partial charge in [0, 0.05) is 12.1 Å². The molecule has 0 spiro atoms. The number of hydrogen-bond acceptors (Lipinski definition) is 4. The summed E-state index contributed by atoms with van der Waals surface area (Å²) in [6, 6.07) is 16.5. The van der Waals surface area contributed by atoms with Gasteiger partial charge < -0.3 is 10.6 Å². The molecule has 7 heteroatoms. The Morgan fingerprint density at radius 1 is 1.06 bits per heavy atom. The molecule has 162 valence electrons. The van der Waals surface area contributed by atoms with E-state index in [0.29, 0.717) is 24.4 Å². The van der Waals surface area contributed by atoms with Crippen molar-refractivity contribution >= 4 is 17.4 Å². The van der Waals surface area contributed by atoms with Gasteiger partial charge in [0.05, 0.1) is 6.54 Å². The van der Waals surface area contributed by atoms with Crippen LogP contribution in [0.1, 0.15) is 41.8 Å². The number of nitrogen functional groups attached to an aromatic ring is 1. The minimum Gasteiger partial charge on any atom is -0.383 e. The summed E-state index contributed by atoms with van der Waals surface area (Å²) in [5.41, 5.74) is 7.39. The van der Waals surface area contributed by atoms with Gasteiger partial charge in [0.1, 0.15) is 5.82 Å². The number of carbonyl (C=O) groups excluding carboxylic acids is 1. The second kappa shape index (κ2) is 9.47. The lowest BCUT2D eigenvalue weighted by molar-refractivity contribution is 0.0985. The van der Waals surface area contributed by atoms with E-state index in [2.05, 4.69) is 4.98 Å². The van der Waals surface area contributed by atoms with Gasteiger partial charge in [0.25, 0.3) is 11.5 Å². The lowest BCUT2D eigenvalue weighted by Crippen LogP contribution is -2.42. The van der Waals surface area contributed by atoms with E-state index in [1.54, 1.807) is 12.1 Å². The molecule has 31 heavy (non-hydrogen) atoms. The number of hydrogen-bond donors (Lipinski definition) is 2. The Balaban J connectivity index is 2.10. The van der Waals surface area contributed by atoms with Gasteiger partial charge in [-0.05, 0) is 37.0 Å². The number of H-pyrrole nitrogens is 1. The van der Waals surface area contributed by atoms with Crippen LogP contribution in [0.4, 0.5) is 11.5 Å². The Labute approximate surface area is 181 Å². The van der Waals surface area contributed by atoms with Crippen LogP contribution in [-0.4, -0.2) is 22.0 Å². The molecule has 0 radical (unpaired) electrons. The van der Waals surface area contributed by atoms with Crippen molar-refractivity contribution in [1.82, 2.24) is 9.55 Å². The third kappa shape index (κ3) is 5.12. The fourth-order valence-corrected chi connectivity index (χ4v) is 3.32. The van der Waals surface area contributed by atoms with Crippen LogP contribution in [0, 0.1) is 12.8 Å². The Bertz CT molecular complexity index is 1160. The van der Waals surface area contributed by atoms with E-state index in [-0.39, 0.29) is 24.0 Å². The maximum absolute atomic E-state index is 13.4. The number of nitrogens with two attached hydrogens (primary N) is 1. The van der Waals surface area contributed by atoms with Crippen LogP contribution in [0.3, 0.4) is 0 Å². The molecule has 0 atom stereocenters. The fraction of sp³-hybridized carbons (Fsp3) is 0.292. The number of aromatic nitrogens is 2. The van der Waals surface area contributed by atoms with Crippen molar-refractivity contribution in [2.45, 2.75) is 33.7 Å². The lowest BCUT2D eigenvalue weighted by Gasteiger charge is -2.25. The van der Waals surface area contributed by atoms with Gasteiger partial charge in [-0.3, -0.25) is 19.1 Å². The summed E-state index contributed by atoms with van der Waals surface area (Å²) >= 11 is 0. The molecule has 0 bridgehead atoms. The third-order valence-corrected chi connectivity index (χ3v) is 5.14. The molecule has 7 nitrogen and oxygen atoms in total. The second-order valence-electron chi connectivity index (χ2n) is 8.07. The first-order valence-corrected chi connectivity index (χ1v) is 10.3. The molecule has 0 aliphatic carbocycles. The lowest BCUT2D eigenvalue weighted by atomic mass is 10.1. The summed E-state index contributed by atoms with van der Waals surface area (Å²) < 4.78 is 1.29. The first kappa shape index (κ1) is 22.1. The Kier molecular flexibility index (Phi) is 6.74. The van der Waals surface area contributed by atoms with Crippen LogP contribution in [0.2, 0.25) is 0 Å². The normalized spacial score (nSPS) is 11.0. The predicted molar refractivity (Wildman–Crippen MR) is 124 cm³/mol.